The summed E-state index contributed by atoms with van der Waals surface area (Å²) in [6.07, 6.45) is 6.15. The molecule has 0 bridgehead atoms. The molecule has 1 N–H and O–H groups in total. The number of nitrogens with one attached hydrogen (secondary N) is 1. The van der Waals surface area contributed by atoms with Crippen LogP contribution >= 0.6 is 12.6 Å². The second-order valence-corrected chi connectivity index (χ2v) is 6.96. The molecule has 1 aliphatic carbocycles. The first-order valence-corrected chi connectivity index (χ1v) is 8.05. The molecule has 0 aromatic rings. The zero-order chi connectivity index (χ0) is 14.5. The van der Waals surface area contributed by atoms with Crippen LogP contribution in [-0.2, 0) is 4.79 Å². The fourth-order valence-electron chi connectivity index (χ4n) is 3.16. The number of hydrogen-bond donors (Lipinski definition) is 2. The topological polar surface area (TPSA) is 29.1 Å². The highest BCUT2D eigenvalue weighted by Gasteiger charge is 2.37. The summed E-state index contributed by atoms with van der Waals surface area (Å²) in [6, 6.07) is 0.262. The molecular formula is C16H29NOS. The Morgan fingerprint density at radius 3 is 2.84 bits per heavy atom. The van der Waals surface area contributed by atoms with Crippen molar-refractivity contribution in [1.82, 2.24) is 5.32 Å². The molecule has 19 heavy (non-hydrogen) atoms. The van der Waals surface area contributed by atoms with Gasteiger partial charge in [0.15, 0.2) is 0 Å². The van der Waals surface area contributed by atoms with Crippen molar-refractivity contribution >= 4 is 18.4 Å². The van der Waals surface area contributed by atoms with Gasteiger partial charge in [0.05, 0.1) is 0 Å². The van der Waals surface area contributed by atoms with Crippen LogP contribution in [0.1, 0.15) is 53.4 Å². The zero-order valence-corrected chi connectivity index (χ0v) is 13.7. The third-order valence-corrected chi connectivity index (χ3v) is 4.47. The van der Waals surface area contributed by atoms with E-state index in [-0.39, 0.29) is 17.4 Å². The van der Waals surface area contributed by atoms with Gasteiger partial charge in [-0.1, -0.05) is 25.5 Å². The number of thiol groups is 1. The Labute approximate surface area is 123 Å². The summed E-state index contributed by atoms with van der Waals surface area (Å²) in [7, 11) is 0. The highest BCUT2D eigenvalue weighted by Crippen LogP contribution is 2.41. The van der Waals surface area contributed by atoms with E-state index in [0.29, 0.717) is 12.2 Å². The summed E-state index contributed by atoms with van der Waals surface area (Å²) in [5, 5.41) is 3.41. The normalized spacial score (nSPS) is 23.8. The molecule has 2 unspecified atom stereocenters. The second kappa shape index (κ2) is 7.49. The van der Waals surface area contributed by atoms with Gasteiger partial charge in [0.25, 0.3) is 0 Å². The van der Waals surface area contributed by atoms with Crippen LogP contribution in [-0.4, -0.2) is 24.1 Å². The Morgan fingerprint density at radius 2 is 2.26 bits per heavy atom. The fourth-order valence-corrected chi connectivity index (χ4v) is 3.32. The van der Waals surface area contributed by atoms with Crippen LogP contribution < -0.4 is 5.32 Å². The summed E-state index contributed by atoms with van der Waals surface area (Å²) in [4.78, 5) is 12.6. The fraction of sp³-hybridized carbons (Fsp3) is 0.812. The number of ketones is 1. The first kappa shape index (κ1) is 16.8. The molecule has 2 nitrogen and oxygen atoms in total. The third-order valence-electron chi connectivity index (χ3n) is 4.15. The lowest BCUT2D eigenvalue weighted by atomic mass is 9.66. The summed E-state index contributed by atoms with van der Waals surface area (Å²) >= 11 is 4.20. The number of carbonyl (C=O) groups excluding carboxylic acids is 1. The molecule has 0 fully saturated rings. The molecule has 2 atom stereocenters. The summed E-state index contributed by atoms with van der Waals surface area (Å²) in [5.41, 5.74) is 1.38. The molecule has 0 saturated heterocycles. The maximum atomic E-state index is 12.6. The van der Waals surface area contributed by atoms with Gasteiger partial charge in [-0.05, 0) is 50.8 Å². The van der Waals surface area contributed by atoms with E-state index in [1.54, 1.807) is 0 Å². The summed E-state index contributed by atoms with van der Waals surface area (Å²) in [5.74, 6) is 1.39. The van der Waals surface area contributed by atoms with Crippen LogP contribution in [0.5, 0.6) is 0 Å². The van der Waals surface area contributed by atoms with Gasteiger partial charge < -0.3 is 5.32 Å². The Kier molecular flexibility index (Phi) is 6.61. The highest BCUT2D eigenvalue weighted by atomic mass is 32.1. The Bertz CT molecular complexity index is 336. The van der Waals surface area contributed by atoms with Crippen LogP contribution in [0.15, 0.2) is 11.6 Å². The number of Topliss-reactive ketones (excluding diaryl/α,β-unsaturated/α-hetero) is 1. The largest absolute Gasteiger partial charge is 0.314 e. The summed E-state index contributed by atoms with van der Waals surface area (Å²) in [6.45, 7) is 9.62. The first-order valence-electron chi connectivity index (χ1n) is 7.42. The second-order valence-electron chi connectivity index (χ2n) is 6.51. The van der Waals surface area contributed by atoms with E-state index in [2.05, 4.69) is 51.7 Å². The molecule has 3 heteroatoms. The average Bonchev–Trinajstić information content (AvgIpc) is 2.27. The predicted octanol–water partition coefficient (Wildman–Crippen LogP) is 3.63. The smallest absolute Gasteiger partial charge is 0.142 e. The van der Waals surface area contributed by atoms with Crippen LogP contribution in [0.4, 0.5) is 0 Å². The Morgan fingerprint density at radius 1 is 1.58 bits per heavy atom. The maximum absolute atomic E-state index is 12.6. The lowest BCUT2D eigenvalue weighted by Gasteiger charge is -2.38. The Balaban J connectivity index is 2.56. The van der Waals surface area contributed by atoms with E-state index in [9.17, 15) is 4.79 Å². The number of rotatable bonds is 7. The monoisotopic (exact) mass is 283 g/mol. The van der Waals surface area contributed by atoms with Gasteiger partial charge >= 0.3 is 0 Å². The van der Waals surface area contributed by atoms with Gasteiger partial charge in [-0.15, -0.1) is 0 Å². The highest BCUT2D eigenvalue weighted by molar-refractivity contribution is 7.80. The molecule has 1 aliphatic rings. The molecule has 0 saturated carbocycles. The van der Waals surface area contributed by atoms with Crippen LogP contribution in [0.2, 0.25) is 0 Å². The molecule has 0 aromatic carbocycles. The standard InChI is InChI=1S/C16H29NOS/c1-12-7-5-8-16(3,4)15(12)14(18)11-13(2)17-9-6-10-19/h7,13,15,17,19H,5-6,8-11H2,1-4H3. The molecule has 0 heterocycles. The van der Waals surface area contributed by atoms with Crippen molar-refractivity contribution in [3.63, 3.8) is 0 Å². The first-order chi connectivity index (χ1) is 8.88. The van der Waals surface area contributed by atoms with E-state index in [1.807, 2.05) is 0 Å². The van der Waals surface area contributed by atoms with E-state index in [1.165, 1.54) is 5.57 Å². The van der Waals surface area contributed by atoms with Gasteiger partial charge in [-0.25, -0.2) is 0 Å². The predicted molar refractivity (Wildman–Crippen MR) is 85.8 cm³/mol. The van der Waals surface area contributed by atoms with Gasteiger partial charge in [0, 0.05) is 18.4 Å². The van der Waals surface area contributed by atoms with E-state index in [0.717, 1.165) is 31.6 Å². The van der Waals surface area contributed by atoms with Crippen molar-refractivity contribution in [1.29, 1.82) is 0 Å². The van der Waals surface area contributed by atoms with Gasteiger partial charge in [-0.3, -0.25) is 4.79 Å². The molecular weight excluding hydrogens is 254 g/mol. The van der Waals surface area contributed by atoms with Gasteiger partial charge in [0.1, 0.15) is 5.78 Å². The lowest BCUT2D eigenvalue weighted by Crippen LogP contribution is -2.38. The molecule has 0 aliphatic heterocycles. The summed E-state index contributed by atoms with van der Waals surface area (Å²) < 4.78 is 0. The van der Waals surface area contributed by atoms with Crippen molar-refractivity contribution in [2.75, 3.05) is 12.3 Å². The average molecular weight is 283 g/mol. The van der Waals surface area contributed by atoms with Crippen LogP contribution in [0.3, 0.4) is 0 Å². The number of hydrogen-bond acceptors (Lipinski definition) is 3. The lowest BCUT2D eigenvalue weighted by molar-refractivity contribution is -0.125. The molecule has 1 rings (SSSR count). The SMILES string of the molecule is CC1=CCCC(C)(C)C1C(=O)CC(C)NCCCS. The van der Waals surface area contributed by atoms with Gasteiger partial charge in [0.2, 0.25) is 0 Å². The maximum Gasteiger partial charge on any atom is 0.142 e. The van der Waals surface area contributed by atoms with Gasteiger partial charge in [-0.2, -0.15) is 12.6 Å². The van der Waals surface area contributed by atoms with Crippen molar-refractivity contribution in [2.24, 2.45) is 11.3 Å². The quantitative estimate of drug-likeness (QED) is 0.424. The zero-order valence-electron chi connectivity index (χ0n) is 12.8. The third kappa shape index (κ3) is 4.96. The number of carbonyl (C=O) groups is 1. The molecule has 0 spiro atoms. The molecule has 0 radical (unpaired) electrons. The van der Waals surface area contributed by atoms with E-state index >= 15 is 0 Å². The minimum absolute atomic E-state index is 0.107. The molecule has 0 aromatic heterocycles. The number of allylic oxidation sites excluding steroid dienone is 2. The van der Waals surface area contributed by atoms with Crippen LogP contribution in [0, 0.1) is 11.3 Å². The van der Waals surface area contributed by atoms with Crippen molar-refractivity contribution in [3.8, 4) is 0 Å². The van der Waals surface area contributed by atoms with Crippen molar-refractivity contribution in [3.05, 3.63) is 11.6 Å². The Hall–Kier alpha value is -0.280. The minimum Gasteiger partial charge on any atom is -0.314 e. The molecule has 0 amide bonds. The van der Waals surface area contributed by atoms with Crippen molar-refractivity contribution < 1.29 is 4.79 Å². The van der Waals surface area contributed by atoms with Crippen LogP contribution in [0.25, 0.3) is 0 Å². The van der Waals surface area contributed by atoms with E-state index in [4.69, 9.17) is 0 Å². The van der Waals surface area contributed by atoms with Crippen molar-refractivity contribution in [2.45, 2.75) is 59.4 Å². The van der Waals surface area contributed by atoms with E-state index < -0.39 is 0 Å². The molecule has 110 valence electrons. The minimum atomic E-state index is 0.107.